The van der Waals surface area contributed by atoms with Gasteiger partial charge in [0, 0.05) is 6.61 Å². The fraction of sp³-hybridized carbons (Fsp3) is 1.00. The van der Waals surface area contributed by atoms with Gasteiger partial charge in [0.2, 0.25) is 0 Å². The Hall–Kier alpha value is -0.0800. The van der Waals surface area contributed by atoms with Crippen LogP contribution in [0.3, 0.4) is 0 Å². The highest BCUT2D eigenvalue weighted by atomic mass is 16.5. The standard InChI is InChI=1S/C11H23NO/c1-9(2)10(3)13-8-11-4-6-12-7-5-11/h9-12H,4-8H2,1-3H3. The minimum absolute atomic E-state index is 0.412. The number of hydrogen-bond acceptors (Lipinski definition) is 2. The molecule has 1 aliphatic rings. The molecule has 0 saturated carbocycles. The van der Waals surface area contributed by atoms with E-state index in [1.54, 1.807) is 0 Å². The van der Waals surface area contributed by atoms with Crippen LogP contribution in [-0.2, 0) is 4.74 Å². The van der Waals surface area contributed by atoms with Crippen LogP contribution in [0.2, 0.25) is 0 Å². The van der Waals surface area contributed by atoms with E-state index < -0.39 is 0 Å². The molecule has 0 aliphatic carbocycles. The van der Waals surface area contributed by atoms with Crippen molar-refractivity contribution in [2.75, 3.05) is 19.7 Å². The van der Waals surface area contributed by atoms with E-state index in [2.05, 4.69) is 26.1 Å². The van der Waals surface area contributed by atoms with Gasteiger partial charge in [0.05, 0.1) is 6.10 Å². The Morgan fingerprint density at radius 2 is 1.85 bits per heavy atom. The molecule has 2 heteroatoms. The number of nitrogens with one attached hydrogen (secondary N) is 1. The molecule has 0 spiro atoms. The summed E-state index contributed by atoms with van der Waals surface area (Å²) in [5.41, 5.74) is 0. The lowest BCUT2D eigenvalue weighted by Crippen LogP contribution is -2.31. The Balaban J connectivity index is 2.10. The first-order valence-corrected chi connectivity index (χ1v) is 5.52. The minimum atomic E-state index is 0.412. The van der Waals surface area contributed by atoms with Gasteiger partial charge in [-0.3, -0.25) is 0 Å². The summed E-state index contributed by atoms with van der Waals surface area (Å²) in [6.07, 6.45) is 2.98. The molecule has 0 aromatic carbocycles. The van der Waals surface area contributed by atoms with Crippen LogP contribution < -0.4 is 5.32 Å². The van der Waals surface area contributed by atoms with Gasteiger partial charge in [0.15, 0.2) is 0 Å². The monoisotopic (exact) mass is 185 g/mol. The molecule has 1 saturated heterocycles. The molecule has 1 fully saturated rings. The van der Waals surface area contributed by atoms with Crippen LogP contribution >= 0.6 is 0 Å². The molecule has 1 aliphatic heterocycles. The van der Waals surface area contributed by atoms with E-state index in [9.17, 15) is 0 Å². The first-order chi connectivity index (χ1) is 6.20. The van der Waals surface area contributed by atoms with Crippen molar-refractivity contribution in [3.8, 4) is 0 Å². The maximum Gasteiger partial charge on any atom is 0.0570 e. The second-order valence-corrected chi connectivity index (χ2v) is 4.48. The molecule has 1 rings (SSSR count). The van der Waals surface area contributed by atoms with Crippen molar-refractivity contribution in [3.63, 3.8) is 0 Å². The molecule has 0 amide bonds. The third-order valence-electron chi connectivity index (χ3n) is 2.99. The largest absolute Gasteiger partial charge is 0.378 e. The zero-order valence-electron chi connectivity index (χ0n) is 9.18. The predicted octanol–water partition coefficient (Wildman–Crippen LogP) is 2.05. The van der Waals surface area contributed by atoms with Crippen LogP contribution in [0, 0.1) is 11.8 Å². The Labute approximate surface area is 82.0 Å². The highest BCUT2D eigenvalue weighted by Crippen LogP contribution is 2.14. The SMILES string of the molecule is CC(C)C(C)OCC1CCNCC1. The number of rotatable bonds is 4. The van der Waals surface area contributed by atoms with Crippen molar-refractivity contribution in [1.29, 1.82) is 0 Å². The van der Waals surface area contributed by atoms with Crippen LogP contribution in [-0.4, -0.2) is 25.8 Å². The van der Waals surface area contributed by atoms with Crippen LogP contribution in [0.1, 0.15) is 33.6 Å². The van der Waals surface area contributed by atoms with Crippen molar-refractivity contribution in [2.45, 2.75) is 39.7 Å². The third kappa shape index (κ3) is 4.10. The van der Waals surface area contributed by atoms with Gasteiger partial charge in [0.1, 0.15) is 0 Å². The van der Waals surface area contributed by atoms with Crippen molar-refractivity contribution in [3.05, 3.63) is 0 Å². The Morgan fingerprint density at radius 1 is 1.23 bits per heavy atom. The van der Waals surface area contributed by atoms with E-state index in [1.807, 2.05) is 0 Å². The second-order valence-electron chi connectivity index (χ2n) is 4.48. The van der Waals surface area contributed by atoms with Gasteiger partial charge in [-0.2, -0.15) is 0 Å². The van der Waals surface area contributed by atoms with Gasteiger partial charge in [-0.25, -0.2) is 0 Å². The van der Waals surface area contributed by atoms with E-state index in [0.29, 0.717) is 12.0 Å². The predicted molar refractivity (Wildman–Crippen MR) is 55.8 cm³/mol. The maximum absolute atomic E-state index is 5.82. The number of piperidine rings is 1. The molecule has 1 atom stereocenters. The minimum Gasteiger partial charge on any atom is -0.378 e. The summed E-state index contributed by atoms with van der Waals surface area (Å²) in [6.45, 7) is 9.90. The Bertz CT molecular complexity index is 130. The summed E-state index contributed by atoms with van der Waals surface area (Å²) in [6, 6.07) is 0. The second kappa shape index (κ2) is 5.61. The number of hydrogen-bond donors (Lipinski definition) is 1. The molecule has 0 radical (unpaired) electrons. The van der Waals surface area contributed by atoms with Crippen molar-refractivity contribution >= 4 is 0 Å². The summed E-state index contributed by atoms with van der Waals surface area (Å²) in [5.74, 6) is 1.43. The molecular weight excluding hydrogens is 162 g/mol. The molecule has 1 unspecified atom stereocenters. The zero-order valence-corrected chi connectivity index (χ0v) is 9.18. The zero-order chi connectivity index (χ0) is 9.68. The fourth-order valence-corrected chi connectivity index (χ4v) is 1.53. The lowest BCUT2D eigenvalue weighted by Gasteiger charge is -2.25. The Kier molecular flexibility index (Phi) is 4.74. The van der Waals surface area contributed by atoms with Crippen molar-refractivity contribution in [2.24, 2.45) is 11.8 Å². The van der Waals surface area contributed by atoms with Crippen molar-refractivity contribution < 1.29 is 4.74 Å². The normalized spacial score (nSPS) is 22.2. The lowest BCUT2D eigenvalue weighted by molar-refractivity contribution is 0.00798. The molecule has 13 heavy (non-hydrogen) atoms. The highest BCUT2D eigenvalue weighted by Gasteiger charge is 2.15. The topological polar surface area (TPSA) is 21.3 Å². The molecular formula is C11H23NO. The summed E-state index contributed by atoms with van der Waals surface area (Å²) in [4.78, 5) is 0. The van der Waals surface area contributed by atoms with Crippen LogP contribution in [0.5, 0.6) is 0 Å². The fourth-order valence-electron chi connectivity index (χ4n) is 1.53. The van der Waals surface area contributed by atoms with Gasteiger partial charge in [-0.1, -0.05) is 13.8 Å². The molecule has 1 heterocycles. The first kappa shape index (κ1) is 11.0. The van der Waals surface area contributed by atoms with Crippen LogP contribution in [0.25, 0.3) is 0 Å². The van der Waals surface area contributed by atoms with E-state index in [0.717, 1.165) is 12.5 Å². The van der Waals surface area contributed by atoms with E-state index >= 15 is 0 Å². The third-order valence-corrected chi connectivity index (χ3v) is 2.99. The molecule has 78 valence electrons. The summed E-state index contributed by atoms with van der Waals surface area (Å²) < 4.78 is 5.82. The van der Waals surface area contributed by atoms with Crippen LogP contribution in [0.15, 0.2) is 0 Å². The van der Waals surface area contributed by atoms with Gasteiger partial charge in [-0.05, 0) is 44.7 Å². The summed E-state index contributed by atoms with van der Waals surface area (Å²) >= 11 is 0. The highest BCUT2D eigenvalue weighted by molar-refractivity contribution is 4.68. The molecule has 2 nitrogen and oxygen atoms in total. The number of ether oxygens (including phenoxy) is 1. The molecule has 0 aromatic heterocycles. The summed E-state index contributed by atoms with van der Waals surface area (Å²) in [7, 11) is 0. The van der Waals surface area contributed by atoms with Crippen molar-refractivity contribution in [1.82, 2.24) is 5.32 Å². The molecule has 0 aromatic rings. The van der Waals surface area contributed by atoms with Gasteiger partial charge >= 0.3 is 0 Å². The van der Waals surface area contributed by atoms with Gasteiger partial charge in [0.25, 0.3) is 0 Å². The smallest absolute Gasteiger partial charge is 0.0570 e. The maximum atomic E-state index is 5.82. The lowest BCUT2D eigenvalue weighted by atomic mass is 9.99. The Morgan fingerprint density at radius 3 is 2.38 bits per heavy atom. The van der Waals surface area contributed by atoms with Crippen LogP contribution in [0.4, 0.5) is 0 Å². The van der Waals surface area contributed by atoms with Gasteiger partial charge < -0.3 is 10.1 Å². The van der Waals surface area contributed by atoms with E-state index in [4.69, 9.17) is 4.74 Å². The van der Waals surface area contributed by atoms with E-state index in [1.165, 1.54) is 25.9 Å². The average Bonchev–Trinajstić information content (AvgIpc) is 2.15. The van der Waals surface area contributed by atoms with E-state index in [-0.39, 0.29) is 0 Å². The summed E-state index contributed by atoms with van der Waals surface area (Å²) in [5, 5.41) is 3.37. The quantitative estimate of drug-likeness (QED) is 0.723. The molecule has 0 bridgehead atoms. The van der Waals surface area contributed by atoms with Gasteiger partial charge in [-0.15, -0.1) is 0 Å². The first-order valence-electron chi connectivity index (χ1n) is 5.52. The average molecular weight is 185 g/mol. The molecule has 1 N–H and O–H groups in total.